The Labute approximate surface area is 237 Å². The van der Waals surface area contributed by atoms with Crippen molar-refractivity contribution in [2.45, 2.75) is 75.8 Å². The summed E-state index contributed by atoms with van der Waals surface area (Å²) in [4.78, 5) is 13.6. The molecule has 1 N–H and O–H groups in total. The zero-order valence-electron chi connectivity index (χ0n) is 23.9. The van der Waals surface area contributed by atoms with Gasteiger partial charge in [-0.1, -0.05) is 45.0 Å². The summed E-state index contributed by atoms with van der Waals surface area (Å²) in [6, 6.07) is 18.0. The number of anilines is 1. The maximum Gasteiger partial charge on any atom is 0.264 e. The van der Waals surface area contributed by atoms with Crippen LogP contribution in [0.2, 0.25) is 0 Å². The second-order valence-corrected chi connectivity index (χ2v) is 13.6. The summed E-state index contributed by atoms with van der Waals surface area (Å²) in [6.07, 6.45) is 3.54. The maximum atomic E-state index is 14.0. The number of carbonyl (C=O) groups is 1. The molecule has 0 aromatic heterocycles. The van der Waals surface area contributed by atoms with E-state index in [2.05, 4.69) is 44.3 Å². The topological polar surface area (TPSA) is 84.9 Å². The summed E-state index contributed by atoms with van der Waals surface area (Å²) in [5.41, 5.74) is 4.95. The van der Waals surface area contributed by atoms with Gasteiger partial charge in [0.05, 0.1) is 30.3 Å². The molecule has 0 bridgehead atoms. The van der Waals surface area contributed by atoms with Crippen molar-refractivity contribution in [1.29, 1.82) is 0 Å². The number of hydrogen-bond acceptors (Lipinski definition) is 5. The number of methoxy groups -OCH3 is 1. The second-order valence-electron chi connectivity index (χ2n) is 11.7. The van der Waals surface area contributed by atoms with E-state index < -0.39 is 16.1 Å². The van der Waals surface area contributed by atoms with Gasteiger partial charge in [0.2, 0.25) is 0 Å². The minimum absolute atomic E-state index is 0.115. The largest absolute Gasteiger partial charge is 0.497 e. The molecular weight excluding hydrogens is 524 g/mol. The first-order valence-corrected chi connectivity index (χ1v) is 15.3. The highest BCUT2D eigenvalue weighted by molar-refractivity contribution is 7.92. The van der Waals surface area contributed by atoms with E-state index in [1.807, 2.05) is 19.1 Å². The standard InChI is InChI=1S/C32H38N2O5S/c1-21(23-11-10-22-8-6-7-9-24(22)18-23)33-31(35)30-20-34(40(36,37)27-15-13-26(38-5)14-16-27)28-19-25(32(2,3)4)12-17-29(28)39-30/h10-19,21,30H,6-9,20H2,1-5H3,(H,33,35)/t21-,30-/m0/s1. The van der Waals surface area contributed by atoms with Crippen LogP contribution in [0.15, 0.2) is 65.6 Å². The smallest absolute Gasteiger partial charge is 0.264 e. The minimum atomic E-state index is -4.00. The van der Waals surface area contributed by atoms with Crippen LogP contribution in [0.4, 0.5) is 5.69 Å². The van der Waals surface area contributed by atoms with Crippen molar-refractivity contribution in [1.82, 2.24) is 5.32 Å². The molecule has 7 nitrogen and oxygen atoms in total. The van der Waals surface area contributed by atoms with Gasteiger partial charge in [0.25, 0.3) is 15.9 Å². The van der Waals surface area contributed by atoms with Crippen molar-refractivity contribution in [3.8, 4) is 11.5 Å². The third kappa shape index (κ3) is 5.55. The number of nitrogens with zero attached hydrogens (tertiary/aromatic N) is 1. The van der Waals surface area contributed by atoms with E-state index in [9.17, 15) is 13.2 Å². The Bertz CT molecular complexity index is 1510. The van der Waals surface area contributed by atoms with Gasteiger partial charge in [-0.15, -0.1) is 0 Å². The molecule has 2 atom stereocenters. The van der Waals surface area contributed by atoms with Gasteiger partial charge >= 0.3 is 0 Å². The van der Waals surface area contributed by atoms with Crippen LogP contribution in [-0.4, -0.2) is 34.1 Å². The van der Waals surface area contributed by atoms with Crippen LogP contribution in [0.5, 0.6) is 11.5 Å². The lowest BCUT2D eigenvalue weighted by Gasteiger charge is -2.36. The summed E-state index contributed by atoms with van der Waals surface area (Å²) in [7, 11) is -2.47. The number of sulfonamides is 1. The SMILES string of the molecule is COc1ccc(S(=O)(=O)N2C[C@@H](C(=O)N[C@@H](C)c3ccc4c(c3)CCCC4)Oc3ccc(C(C)(C)C)cc32)cc1. The fraction of sp³-hybridized carbons (Fsp3) is 0.406. The quantitative estimate of drug-likeness (QED) is 0.416. The molecule has 0 saturated carbocycles. The van der Waals surface area contributed by atoms with Crippen LogP contribution < -0.4 is 19.1 Å². The van der Waals surface area contributed by atoms with E-state index >= 15 is 0 Å². The summed E-state index contributed by atoms with van der Waals surface area (Å²) in [5, 5.41) is 3.06. The third-order valence-electron chi connectivity index (χ3n) is 7.87. The molecule has 3 aromatic carbocycles. The molecule has 212 valence electrons. The Morgan fingerprint density at radius 2 is 1.70 bits per heavy atom. The van der Waals surface area contributed by atoms with E-state index in [0.29, 0.717) is 17.2 Å². The highest BCUT2D eigenvalue weighted by Crippen LogP contribution is 2.40. The molecule has 2 aliphatic rings. The molecule has 8 heteroatoms. The van der Waals surface area contributed by atoms with Crippen molar-refractivity contribution in [2.75, 3.05) is 18.0 Å². The maximum absolute atomic E-state index is 14.0. The number of carbonyl (C=O) groups excluding carboxylic acids is 1. The summed E-state index contributed by atoms with van der Waals surface area (Å²) < 4.78 is 40.6. The van der Waals surface area contributed by atoms with Gasteiger partial charge < -0.3 is 14.8 Å². The Balaban J connectivity index is 1.45. The number of ether oxygens (including phenoxy) is 2. The van der Waals surface area contributed by atoms with Gasteiger partial charge in [0.1, 0.15) is 11.5 Å². The molecule has 3 aromatic rings. The summed E-state index contributed by atoms with van der Waals surface area (Å²) in [5.74, 6) is 0.563. The van der Waals surface area contributed by atoms with Gasteiger partial charge in [-0.3, -0.25) is 9.10 Å². The molecule has 1 aliphatic carbocycles. The number of amides is 1. The van der Waals surface area contributed by atoms with E-state index in [4.69, 9.17) is 9.47 Å². The number of benzene rings is 3. The Hall–Kier alpha value is -3.52. The summed E-state index contributed by atoms with van der Waals surface area (Å²) in [6.45, 7) is 8.01. The van der Waals surface area contributed by atoms with Gasteiger partial charge in [0, 0.05) is 0 Å². The normalized spacial score (nSPS) is 17.7. The van der Waals surface area contributed by atoms with E-state index in [-0.39, 0.29) is 28.8 Å². The molecule has 40 heavy (non-hydrogen) atoms. The van der Waals surface area contributed by atoms with Crippen molar-refractivity contribution in [2.24, 2.45) is 0 Å². The molecule has 1 heterocycles. The van der Waals surface area contributed by atoms with Crippen LogP contribution in [0.3, 0.4) is 0 Å². The Morgan fingerprint density at radius 3 is 2.38 bits per heavy atom. The predicted octanol–water partition coefficient (Wildman–Crippen LogP) is 5.71. The fourth-order valence-corrected chi connectivity index (χ4v) is 6.84. The highest BCUT2D eigenvalue weighted by Gasteiger charge is 2.38. The predicted molar refractivity (Wildman–Crippen MR) is 157 cm³/mol. The molecule has 0 fully saturated rings. The molecule has 0 unspecified atom stereocenters. The van der Waals surface area contributed by atoms with Crippen LogP contribution >= 0.6 is 0 Å². The zero-order chi connectivity index (χ0) is 28.7. The van der Waals surface area contributed by atoms with Crippen molar-refractivity contribution < 1.29 is 22.7 Å². The summed E-state index contributed by atoms with van der Waals surface area (Å²) >= 11 is 0. The number of nitrogens with one attached hydrogen (secondary N) is 1. The fourth-order valence-electron chi connectivity index (χ4n) is 5.37. The van der Waals surface area contributed by atoms with Gasteiger partial charge in [-0.2, -0.15) is 0 Å². The van der Waals surface area contributed by atoms with Gasteiger partial charge in [-0.05, 0) is 96.7 Å². The zero-order valence-corrected chi connectivity index (χ0v) is 24.7. The van der Waals surface area contributed by atoms with Crippen LogP contribution in [0, 0.1) is 0 Å². The first-order chi connectivity index (χ1) is 19.0. The van der Waals surface area contributed by atoms with Crippen LogP contribution in [-0.2, 0) is 33.1 Å². The first-order valence-electron chi connectivity index (χ1n) is 13.9. The number of hydrogen-bond donors (Lipinski definition) is 1. The van der Waals surface area contributed by atoms with Gasteiger partial charge in [-0.25, -0.2) is 8.42 Å². The third-order valence-corrected chi connectivity index (χ3v) is 9.66. The second kappa shape index (κ2) is 10.8. The minimum Gasteiger partial charge on any atom is -0.497 e. The molecule has 0 saturated heterocycles. The molecule has 1 amide bonds. The molecule has 5 rings (SSSR count). The Kier molecular flexibility index (Phi) is 7.57. The lowest BCUT2D eigenvalue weighted by Crippen LogP contribution is -2.51. The van der Waals surface area contributed by atoms with E-state index in [1.54, 1.807) is 18.2 Å². The molecule has 0 spiro atoms. The van der Waals surface area contributed by atoms with Crippen molar-refractivity contribution in [3.05, 3.63) is 82.9 Å². The first kappa shape index (κ1) is 28.0. The average Bonchev–Trinajstić information content (AvgIpc) is 2.95. The molecular formula is C32H38N2O5S. The van der Waals surface area contributed by atoms with Crippen molar-refractivity contribution >= 4 is 21.6 Å². The average molecular weight is 563 g/mol. The molecule has 0 radical (unpaired) electrons. The lowest BCUT2D eigenvalue weighted by molar-refractivity contribution is -0.128. The number of rotatable bonds is 6. The monoisotopic (exact) mass is 562 g/mol. The highest BCUT2D eigenvalue weighted by atomic mass is 32.2. The van der Waals surface area contributed by atoms with Crippen LogP contribution in [0.25, 0.3) is 0 Å². The Morgan fingerprint density at radius 1 is 1.00 bits per heavy atom. The lowest BCUT2D eigenvalue weighted by atomic mass is 9.86. The number of fused-ring (bicyclic) bond motifs is 2. The number of aryl methyl sites for hydroxylation is 2. The van der Waals surface area contributed by atoms with E-state index in [0.717, 1.165) is 24.0 Å². The van der Waals surface area contributed by atoms with Crippen LogP contribution in [0.1, 0.15) is 68.8 Å². The molecule has 1 aliphatic heterocycles. The van der Waals surface area contributed by atoms with E-state index in [1.165, 1.54) is 47.5 Å². The van der Waals surface area contributed by atoms with Gasteiger partial charge in [0.15, 0.2) is 6.10 Å². The van der Waals surface area contributed by atoms with Crippen molar-refractivity contribution in [3.63, 3.8) is 0 Å².